The quantitative estimate of drug-likeness (QED) is 0.425. The highest BCUT2D eigenvalue weighted by atomic mass is 16.6. The summed E-state index contributed by atoms with van der Waals surface area (Å²) in [6.45, 7) is 4.82. The highest BCUT2D eigenvalue weighted by Crippen LogP contribution is 2.29. The van der Waals surface area contributed by atoms with Crippen LogP contribution in [-0.4, -0.2) is 33.9 Å². The van der Waals surface area contributed by atoms with Gasteiger partial charge in [0.15, 0.2) is 6.10 Å². The van der Waals surface area contributed by atoms with Gasteiger partial charge in [0, 0.05) is 12.1 Å². The SMILES string of the molecule is Cc1cccc(O[C@H](C)C(=O)NN2C(=O)N[C@@](C)(c3ccc([N+](=O)[O-])cc3)C2=O)c1. The second kappa shape index (κ2) is 7.82. The van der Waals surface area contributed by atoms with E-state index in [4.69, 9.17) is 4.74 Å². The van der Waals surface area contributed by atoms with E-state index in [2.05, 4.69) is 10.7 Å². The first-order valence-corrected chi connectivity index (χ1v) is 9.07. The van der Waals surface area contributed by atoms with Crippen molar-refractivity contribution in [1.82, 2.24) is 15.8 Å². The Labute approximate surface area is 171 Å². The van der Waals surface area contributed by atoms with Crippen molar-refractivity contribution in [1.29, 1.82) is 0 Å². The molecule has 4 amide bonds. The molecule has 0 spiro atoms. The lowest BCUT2D eigenvalue weighted by Gasteiger charge is -2.22. The third kappa shape index (κ3) is 3.93. The van der Waals surface area contributed by atoms with Gasteiger partial charge in [-0.1, -0.05) is 12.1 Å². The van der Waals surface area contributed by atoms with Crippen LogP contribution in [0.1, 0.15) is 25.0 Å². The van der Waals surface area contributed by atoms with Gasteiger partial charge in [-0.25, -0.2) is 4.79 Å². The monoisotopic (exact) mass is 412 g/mol. The maximum Gasteiger partial charge on any atom is 0.344 e. The lowest BCUT2D eigenvalue weighted by Crippen LogP contribution is -2.51. The van der Waals surface area contributed by atoms with E-state index >= 15 is 0 Å². The number of nitrogens with zero attached hydrogens (tertiary/aromatic N) is 2. The van der Waals surface area contributed by atoms with Gasteiger partial charge in [-0.3, -0.25) is 25.1 Å². The molecule has 2 aromatic rings. The minimum atomic E-state index is -1.49. The Kier molecular flexibility index (Phi) is 5.41. The Bertz CT molecular complexity index is 1020. The molecule has 1 aliphatic heterocycles. The topological polar surface area (TPSA) is 131 Å². The summed E-state index contributed by atoms with van der Waals surface area (Å²) in [7, 11) is 0. The molecule has 0 aliphatic carbocycles. The maximum absolute atomic E-state index is 12.9. The number of carbonyl (C=O) groups excluding carboxylic acids is 3. The molecule has 156 valence electrons. The normalized spacial score (nSPS) is 19.2. The van der Waals surface area contributed by atoms with Crippen molar-refractivity contribution in [2.24, 2.45) is 0 Å². The fourth-order valence-electron chi connectivity index (χ4n) is 3.00. The maximum atomic E-state index is 12.9. The van der Waals surface area contributed by atoms with Gasteiger partial charge in [0.2, 0.25) is 0 Å². The van der Waals surface area contributed by atoms with E-state index < -0.39 is 34.4 Å². The molecule has 10 heteroatoms. The largest absolute Gasteiger partial charge is 0.481 e. The Balaban J connectivity index is 1.72. The fraction of sp³-hybridized carbons (Fsp3) is 0.250. The number of aryl methyl sites for hydroxylation is 1. The van der Waals surface area contributed by atoms with Crippen molar-refractivity contribution in [3.05, 3.63) is 69.8 Å². The molecule has 0 radical (unpaired) electrons. The molecule has 0 saturated carbocycles. The van der Waals surface area contributed by atoms with Gasteiger partial charge in [0.25, 0.3) is 17.5 Å². The van der Waals surface area contributed by atoms with E-state index in [1.165, 1.54) is 38.1 Å². The van der Waals surface area contributed by atoms with Gasteiger partial charge in [0.05, 0.1) is 4.92 Å². The number of nitro groups is 1. The molecule has 1 saturated heterocycles. The third-order valence-electron chi connectivity index (χ3n) is 4.74. The molecule has 2 aromatic carbocycles. The van der Waals surface area contributed by atoms with Crippen LogP contribution < -0.4 is 15.5 Å². The molecule has 2 atom stereocenters. The molecular weight excluding hydrogens is 392 g/mol. The summed E-state index contributed by atoms with van der Waals surface area (Å²) in [5.41, 5.74) is 1.93. The van der Waals surface area contributed by atoms with E-state index in [1.54, 1.807) is 18.2 Å². The number of urea groups is 1. The molecule has 1 fully saturated rings. The number of carbonyl (C=O) groups is 3. The zero-order valence-electron chi connectivity index (χ0n) is 16.5. The molecule has 0 aromatic heterocycles. The summed E-state index contributed by atoms with van der Waals surface area (Å²) in [4.78, 5) is 47.9. The van der Waals surface area contributed by atoms with Crippen molar-refractivity contribution in [3.63, 3.8) is 0 Å². The summed E-state index contributed by atoms with van der Waals surface area (Å²) in [6.07, 6.45) is -0.973. The first kappa shape index (κ1) is 20.8. The zero-order chi connectivity index (χ0) is 22.1. The lowest BCUT2D eigenvalue weighted by molar-refractivity contribution is -0.384. The van der Waals surface area contributed by atoms with Gasteiger partial charge in [-0.05, 0) is 56.2 Å². The molecule has 30 heavy (non-hydrogen) atoms. The number of nitro benzene ring substituents is 1. The summed E-state index contributed by atoms with van der Waals surface area (Å²) in [5, 5.41) is 13.9. The van der Waals surface area contributed by atoms with Crippen molar-refractivity contribution >= 4 is 23.5 Å². The summed E-state index contributed by atoms with van der Waals surface area (Å²) in [6, 6.07) is 11.5. The van der Waals surface area contributed by atoms with Crippen molar-refractivity contribution < 1.29 is 24.0 Å². The van der Waals surface area contributed by atoms with Gasteiger partial charge < -0.3 is 10.1 Å². The van der Waals surface area contributed by atoms with Crippen LogP contribution in [0.15, 0.2) is 48.5 Å². The number of hydrogen-bond acceptors (Lipinski definition) is 6. The molecule has 1 aliphatic rings. The van der Waals surface area contributed by atoms with Crippen LogP contribution in [0.4, 0.5) is 10.5 Å². The predicted octanol–water partition coefficient (Wildman–Crippen LogP) is 2.17. The lowest BCUT2D eigenvalue weighted by atomic mass is 9.92. The Morgan fingerprint density at radius 2 is 1.90 bits per heavy atom. The van der Waals surface area contributed by atoms with Crippen LogP contribution in [0.25, 0.3) is 0 Å². The van der Waals surface area contributed by atoms with Crippen molar-refractivity contribution in [2.45, 2.75) is 32.4 Å². The number of non-ortho nitro benzene ring substituents is 1. The number of hydrogen-bond donors (Lipinski definition) is 2. The number of imide groups is 1. The van der Waals surface area contributed by atoms with Gasteiger partial charge in [-0.2, -0.15) is 5.01 Å². The van der Waals surface area contributed by atoms with Crippen LogP contribution in [-0.2, 0) is 15.1 Å². The highest BCUT2D eigenvalue weighted by Gasteiger charge is 2.50. The Hall–Kier alpha value is -3.95. The smallest absolute Gasteiger partial charge is 0.344 e. The molecule has 3 rings (SSSR count). The standard InChI is InChI=1S/C20H20N4O6/c1-12-5-4-6-16(11-12)30-13(2)17(25)22-23-18(26)20(3,21-19(23)27)14-7-9-15(10-8-14)24(28)29/h4-11,13H,1-3H3,(H,21,27)(H,22,25)/t13-,20+/m1/s1. The summed E-state index contributed by atoms with van der Waals surface area (Å²) in [5.74, 6) is -0.934. The highest BCUT2D eigenvalue weighted by molar-refractivity contribution is 6.08. The van der Waals surface area contributed by atoms with E-state index in [1.807, 2.05) is 13.0 Å². The third-order valence-corrected chi connectivity index (χ3v) is 4.74. The first-order chi connectivity index (χ1) is 14.1. The number of amides is 4. The van der Waals surface area contributed by atoms with Crippen LogP contribution in [0.5, 0.6) is 5.75 Å². The molecule has 0 unspecified atom stereocenters. The van der Waals surface area contributed by atoms with E-state index in [-0.39, 0.29) is 5.69 Å². The average Bonchev–Trinajstić information content (AvgIpc) is 2.92. The first-order valence-electron chi connectivity index (χ1n) is 9.07. The van der Waals surface area contributed by atoms with E-state index in [0.717, 1.165) is 5.56 Å². The zero-order valence-corrected chi connectivity index (χ0v) is 16.5. The number of ether oxygens (including phenoxy) is 1. The fourth-order valence-corrected chi connectivity index (χ4v) is 3.00. The van der Waals surface area contributed by atoms with Crippen LogP contribution in [0, 0.1) is 17.0 Å². The minimum absolute atomic E-state index is 0.147. The second-order valence-corrected chi connectivity index (χ2v) is 7.05. The average molecular weight is 412 g/mol. The van der Waals surface area contributed by atoms with Crippen molar-refractivity contribution in [2.75, 3.05) is 0 Å². The van der Waals surface area contributed by atoms with Gasteiger partial charge in [0.1, 0.15) is 11.3 Å². The Morgan fingerprint density at radius 3 is 2.50 bits per heavy atom. The second-order valence-electron chi connectivity index (χ2n) is 7.05. The summed E-state index contributed by atoms with van der Waals surface area (Å²) < 4.78 is 5.56. The number of rotatable bonds is 6. The van der Waals surface area contributed by atoms with Crippen molar-refractivity contribution in [3.8, 4) is 5.75 Å². The number of nitrogens with one attached hydrogen (secondary N) is 2. The van der Waals surface area contributed by atoms with Crippen LogP contribution in [0.3, 0.4) is 0 Å². The molecule has 2 N–H and O–H groups in total. The minimum Gasteiger partial charge on any atom is -0.481 e. The Morgan fingerprint density at radius 1 is 1.23 bits per heavy atom. The van der Waals surface area contributed by atoms with Gasteiger partial charge >= 0.3 is 6.03 Å². The number of hydrazine groups is 1. The molecule has 1 heterocycles. The molecule has 10 nitrogen and oxygen atoms in total. The summed E-state index contributed by atoms with van der Waals surface area (Å²) >= 11 is 0. The molecule has 0 bridgehead atoms. The molecular formula is C20H20N4O6. The van der Waals surface area contributed by atoms with E-state index in [0.29, 0.717) is 16.3 Å². The van der Waals surface area contributed by atoms with E-state index in [9.17, 15) is 24.5 Å². The van der Waals surface area contributed by atoms with Crippen LogP contribution >= 0.6 is 0 Å². The van der Waals surface area contributed by atoms with Crippen LogP contribution in [0.2, 0.25) is 0 Å². The number of benzene rings is 2. The predicted molar refractivity (Wildman–Crippen MR) is 105 cm³/mol. The van der Waals surface area contributed by atoms with Gasteiger partial charge in [-0.15, -0.1) is 0 Å².